The molecule has 1 N–H and O–H groups in total. The second kappa shape index (κ2) is 10.9. The SMILES string of the molecule is CCNC(=O)C(C)N(Cc1cccc(Cl)c1)C(=O)CN(C)S(=O)(=O)c1ccc(Cl)cc1. The molecule has 2 amide bonds. The number of nitrogens with one attached hydrogen (secondary N) is 1. The average Bonchev–Trinajstić information content (AvgIpc) is 2.72. The Bertz CT molecular complexity index is 1030. The van der Waals surface area contributed by atoms with Gasteiger partial charge in [-0.25, -0.2) is 8.42 Å². The molecule has 168 valence electrons. The van der Waals surface area contributed by atoms with E-state index in [4.69, 9.17) is 23.2 Å². The van der Waals surface area contributed by atoms with Crippen LogP contribution >= 0.6 is 23.2 Å². The number of nitrogens with zero attached hydrogens (tertiary/aromatic N) is 2. The van der Waals surface area contributed by atoms with Crippen LogP contribution in [0.4, 0.5) is 0 Å². The lowest BCUT2D eigenvalue weighted by Gasteiger charge is -2.30. The van der Waals surface area contributed by atoms with Crippen LogP contribution in [0.5, 0.6) is 0 Å². The van der Waals surface area contributed by atoms with E-state index in [9.17, 15) is 18.0 Å². The van der Waals surface area contributed by atoms with E-state index in [1.54, 1.807) is 38.1 Å². The highest BCUT2D eigenvalue weighted by molar-refractivity contribution is 7.89. The Kier molecular flexibility index (Phi) is 8.88. The van der Waals surface area contributed by atoms with Gasteiger partial charge in [0.1, 0.15) is 6.04 Å². The van der Waals surface area contributed by atoms with Gasteiger partial charge in [-0.2, -0.15) is 4.31 Å². The zero-order valence-electron chi connectivity index (χ0n) is 17.5. The van der Waals surface area contributed by atoms with Crippen molar-refractivity contribution >= 4 is 45.0 Å². The number of hydrogen-bond donors (Lipinski definition) is 1. The highest BCUT2D eigenvalue weighted by Gasteiger charge is 2.30. The molecule has 0 saturated heterocycles. The summed E-state index contributed by atoms with van der Waals surface area (Å²) < 4.78 is 26.6. The van der Waals surface area contributed by atoms with E-state index in [-0.39, 0.29) is 17.3 Å². The van der Waals surface area contributed by atoms with Crippen molar-refractivity contribution in [2.24, 2.45) is 0 Å². The summed E-state index contributed by atoms with van der Waals surface area (Å²) in [5.41, 5.74) is 0.722. The molecule has 0 fully saturated rings. The van der Waals surface area contributed by atoms with Crippen LogP contribution in [0.1, 0.15) is 19.4 Å². The first kappa shape index (κ1) is 25.1. The maximum absolute atomic E-state index is 13.1. The Morgan fingerprint density at radius 3 is 2.29 bits per heavy atom. The standard InChI is InChI=1S/C21H25Cl2N3O4S/c1-4-24-21(28)15(2)26(13-16-6-5-7-18(23)12-16)20(27)14-25(3)31(29,30)19-10-8-17(22)9-11-19/h5-12,15H,4,13-14H2,1-3H3,(H,24,28). The molecule has 0 aliphatic carbocycles. The molecule has 0 aliphatic rings. The fraction of sp³-hybridized carbons (Fsp3) is 0.333. The molecule has 0 radical (unpaired) electrons. The Labute approximate surface area is 193 Å². The summed E-state index contributed by atoms with van der Waals surface area (Å²) in [5, 5.41) is 3.59. The number of carbonyl (C=O) groups is 2. The number of likely N-dealkylation sites (N-methyl/N-ethyl adjacent to an activating group) is 2. The highest BCUT2D eigenvalue weighted by Crippen LogP contribution is 2.19. The summed E-state index contributed by atoms with van der Waals surface area (Å²) in [6.07, 6.45) is 0. The first-order chi connectivity index (χ1) is 14.6. The zero-order valence-corrected chi connectivity index (χ0v) is 19.8. The average molecular weight is 486 g/mol. The van der Waals surface area contributed by atoms with Crippen LogP contribution in [0.2, 0.25) is 10.0 Å². The van der Waals surface area contributed by atoms with Gasteiger partial charge in [0.2, 0.25) is 21.8 Å². The summed E-state index contributed by atoms with van der Waals surface area (Å²) in [6, 6.07) is 11.8. The van der Waals surface area contributed by atoms with Crippen LogP contribution in [0.25, 0.3) is 0 Å². The van der Waals surface area contributed by atoms with Crippen molar-refractivity contribution in [1.29, 1.82) is 0 Å². The van der Waals surface area contributed by atoms with E-state index >= 15 is 0 Å². The van der Waals surface area contributed by atoms with Crippen molar-refractivity contribution in [3.05, 3.63) is 64.1 Å². The third-order valence-corrected chi connectivity index (χ3v) is 6.94. The maximum atomic E-state index is 13.1. The number of sulfonamides is 1. The summed E-state index contributed by atoms with van der Waals surface area (Å²) in [6.45, 7) is 3.45. The Hall–Kier alpha value is -2.13. The molecule has 2 aromatic carbocycles. The van der Waals surface area contributed by atoms with Gasteiger partial charge in [0.15, 0.2) is 0 Å². The van der Waals surface area contributed by atoms with Crippen LogP contribution in [-0.2, 0) is 26.2 Å². The second-order valence-corrected chi connectivity index (χ2v) is 9.85. The number of halogens is 2. The zero-order chi connectivity index (χ0) is 23.2. The maximum Gasteiger partial charge on any atom is 0.243 e. The first-order valence-corrected chi connectivity index (χ1v) is 11.8. The molecule has 0 saturated carbocycles. The summed E-state index contributed by atoms with van der Waals surface area (Å²) >= 11 is 11.9. The van der Waals surface area contributed by atoms with Gasteiger partial charge in [0.25, 0.3) is 0 Å². The number of hydrogen-bond acceptors (Lipinski definition) is 4. The minimum atomic E-state index is -3.91. The number of carbonyl (C=O) groups excluding carboxylic acids is 2. The molecule has 1 atom stereocenters. The van der Waals surface area contributed by atoms with Crippen molar-refractivity contribution in [2.75, 3.05) is 20.1 Å². The van der Waals surface area contributed by atoms with Gasteiger partial charge in [-0.1, -0.05) is 35.3 Å². The Morgan fingerprint density at radius 2 is 1.71 bits per heavy atom. The first-order valence-electron chi connectivity index (χ1n) is 9.59. The van der Waals surface area contributed by atoms with Gasteiger partial charge in [-0.05, 0) is 55.8 Å². The smallest absolute Gasteiger partial charge is 0.243 e. The lowest BCUT2D eigenvalue weighted by molar-refractivity contribution is -0.140. The van der Waals surface area contributed by atoms with Crippen LogP contribution < -0.4 is 5.32 Å². The molecule has 2 rings (SSSR count). The van der Waals surface area contributed by atoms with E-state index < -0.39 is 28.5 Å². The van der Waals surface area contributed by atoms with E-state index in [0.717, 1.165) is 9.87 Å². The fourth-order valence-electron chi connectivity index (χ4n) is 2.89. The van der Waals surface area contributed by atoms with Crippen molar-refractivity contribution in [1.82, 2.24) is 14.5 Å². The van der Waals surface area contributed by atoms with Gasteiger partial charge in [0.05, 0.1) is 11.4 Å². The number of benzene rings is 2. The van der Waals surface area contributed by atoms with E-state index in [0.29, 0.717) is 16.6 Å². The fourth-order valence-corrected chi connectivity index (χ4v) is 4.35. The van der Waals surface area contributed by atoms with Crippen LogP contribution in [-0.4, -0.2) is 55.6 Å². The topological polar surface area (TPSA) is 86.8 Å². The molecule has 0 aromatic heterocycles. The molecule has 0 aliphatic heterocycles. The highest BCUT2D eigenvalue weighted by atomic mass is 35.5. The molecule has 2 aromatic rings. The van der Waals surface area contributed by atoms with Crippen LogP contribution in [0.3, 0.4) is 0 Å². The van der Waals surface area contributed by atoms with Crippen molar-refractivity contribution in [3.63, 3.8) is 0 Å². The van der Waals surface area contributed by atoms with Crippen molar-refractivity contribution in [3.8, 4) is 0 Å². The number of amides is 2. The molecular weight excluding hydrogens is 461 g/mol. The van der Waals surface area contributed by atoms with Crippen molar-refractivity contribution < 1.29 is 18.0 Å². The third kappa shape index (κ3) is 6.67. The molecule has 1 unspecified atom stereocenters. The van der Waals surface area contributed by atoms with Gasteiger partial charge >= 0.3 is 0 Å². The van der Waals surface area contributed by atoms with E-state index in [1.807, 2.05) is 0 Å². The minimum Gasteiger partial charge on any atom is -0.355 e. The van der Waals surface area contributed by atoms with Crippen LogP contribution in [0, 0.1) is 0 Å². The monoisotopic (exact) mass is 485 g/mol. The molecule has 10 heteroatoms. The normalized spacial score (nSPS) is 12.5. The predicted molar refractivity (Wildman–Crippen MR) is 121 cm³/mol. The second-order valence-electron chi connectivity index (χ2n) is 6.94. The number of rotatable bonds is 9. The van der Waals surface area contributed by atoms with Crippen LogP contribution in [0.15, 0.2) is 53.4 Å². The summed E-state index contributed by atoms with van der Waals surface area (Å²) in [4.78, 5) is 26.9. The molecule has 0 spiro atoms. The summed E-state index contributed by atoms with van der Waals surface area (Å²) in [5.74, 6) is -0.847. The molecule has 0 heterocycles. The van der Waals surface area contributed by atoms with Gasteiger partial charge in [-0.3, -0.25) is 9.59 Å². The lowest BCUT2D eigenvalue weighted by atomic mass is 10.1. The van der Waals surface area contributed by atoms with Gasteiger partial charge in [-0.15, -0.1) is 0 Å². The molecule has 7 nitrogen and oxygen atoms in total. The molecular formula is C21H25Cl2N3O4S. The summed E-state index contributed by atoms with van der Waals surface area (Å²) in [7, 11) is -2.60. The third-order valence-electron chi connectivity index (χ3n) is 4.64. The molecule has 31 heavy (non-hydrogen) atoms. The van der Waals surface area contributed by atoms with Gasteiger partial charge in [0, 0.05) is 30.2 Å². The Morgan fingerprint density at radius 1 is 1.06 bits per heavy atom. The predicted octanol–water partition coefficient (Wildman–Crippen LogP) is 3.17. The van der Waals surface area contributed by atoms with Crippen molar-refractivity contribution in [2.45, 2.75) is 31.3 Å². The largest absolute Gasteiger partial charge is 0.355 e. The van der Waals surface area contributed by atoms with E-state index in [2.05, 4.69) is 5.32 Å². The van der Waals surface area contributed by atoms with Gasteiger partial charge < -0.3 is 10.2 Å². The Balaban J connectivity index is 2.26. The quantitative estimate of drug-likeness (QED) is 0.590. The van der Waals surface area contributed by atoms with E-state index in [1.165, 1.54) is 36.2 Å². The minimum absolute atomic E-state index is 0.0189. The lowest BCUT2D eigenvalue weighted by Crippen LogP contribution is -2.50. The molecule has 0 bridgehead atoms.